The van der Waals surface area contributed by atoms with Crippen LogP contribution in [0.1, 0.15) is 12.5 Å². The molecule has 0 radical (unpaired) electrons. The van der Waals surface area contributed by atoms with Gasteiger partial charge in [0.25, 0.3) is 10.0 Å². The van der Waals surface area contributed by atoms with Crippen LogP contribution in [-0.2, 0) is 16.4 Å². The number of thiazole rings is 1. The summed E-state index contributed by atoms with van der Waals surface area (Å²) < 4.78 is 22.8. The predicted octanol–water partition coefficient (Wildman–Crippen LogP) is -0.162. The lowest BCUT2D eigenvalue weighted by Gasteiger charge is -2.10. The van der Waals surface area contributed by atoms with Gasteiger partial charge in [0, 0.05) is 5.39 Å². The third-order valence-electron chi connectivity index (χ3n) is 3.22. The van der Waals surface area contributed by atoms with E-state index in [4.69, 9.17) is 10.9 Å². The van der Waals surface area contributed by atoms with Gasteiger partial charge in [0.2, 0.25) is 15.2 Å². The molecule has 0 unspecified atom stereocenters. The molecule has 0 fully saturated rings. The Kier molecular flexibility index (Phi) is 2.53. The Morgan fingerprint density at radius 1 is 1.20 bits per heavy atom. The van der Waals surface area contributed by atoms with E-state index in [2.05, 4.69) is 4.98 Å². The minimum atomic E-state index is -3.98. The molecule has 3 rings (SSSR count). The number of benzene rings is 1. The molecule has 0 aliphatic rings. The van der Waals surface area contributed by atoms with Crippen molar-refractivity contribution in [2.45, 2.75) is 17.7 Å². The summed E-state index contributed by atoms with van der Waals surface area (Å²) in [5.74, 6) is 0. The maximum absolute atomic E-state index is 11.7. The molecule has 0 aliphatic carbocycles. The van der Waals surface area contributed by atoms with Crippen molar-refractivity contribution in [2.75, 3.05) is 5.73 Å². The Morgan fingerprint density at radius 3 is 2.35 bits per heavy atom. The Hall–Kier alpha value is -1.84. The van der Waals surface area contributed by atoms with Crippen LogP contribution < -0.4 is 21.7 Å². The van der Waals surface area contributed by atoms with Crippen molar-refractivity contribution < 1.29 is 8.42 Å². The zero-order valence-corrected chi connectivity index (χ0v) is 11.9. The first kappa shape index (κ1) is 13.2. The van der Waals surface area contributed by atoms with Gasteiger partial charge in [0.15, 0.2) is 0 Å². The van der Waals surface area contributed by atoms with Gasteiger partial charge in [-0.3, -0.25) is 9.59 Å². The molecule has 20 heavy (non-hydrogen) atoms. The van der Waals surface area contributed by atoms with Crippen LogP contribution in [0.3, 0.4) is 0 Å². The van der Waals surface area contributed by atoms with Gasteiger partial charge in [0.1, 0.15) is 0 Å². The third-order valence-corrected chi connectivity index (χ3v) is 5.63. The highest BCUT2D eigenvalue weighted by molar-refractivity contribution is 7.91. The third kappa shape index (κ3) is 1.48. The number of nitrogen functional groups attached to an aromatic ring is 1. The van der Waals surface area contributed by atoms with Crippen molar-refractivity contribution in [3.05, 3.63) is 26.0 Å². The molecule has 0 atom stereocenters. The Labute approximate surface area is 116 Å². The van der Waals surface area contributed by atoms with Crippen LogP contribution in [0.4, 0.5) is 5.69 Å². The largest absolute Gasteiger partial charge is 0.397 e. The number of nitrogens with two attached hydrogens (primary N) is 2. The lowest BCUT2D eigenvalue weighted by atomic mass is 9.95. The summed E-state index contributed by atoms with van der Waals surface area (Å²) in [6.07, 6.45) is 0.464. The molecule has 1 heterocycles. The van der Waals surface area contributed by atoms with E-state index in [1.165, 1.54) is 0 Å². The number of rotatable bonds is 2. The monoisotopic (exact) mass is 311 g/mol. The van der Waals surface area contributed by atoms with Gasteiger partial charge in [-0.1, -0.05) is 18.3 Å². The molecule has 0 amide bonds. The maximum atomic E-state index is 11.7. The lowest BCUT2D eigenvalue weighted by molar-refractivity contribution is 0.597. The van der Waals surface area contributed by atoms with E-state index in [0.29, 0.717) is 16.7 Å². The van der Waals surface area contributed by atoms with Gasteiger partial charge in [-0.25, -0.2) is 18.5 Å². The predicted molar refractivity (Wildman–Crippen MR) is 77.2 cm³/mol. The van der Waals surface area contributed by atoms with E-state index in [1.807, 2.05) is 0 Å². The fraction of sp³-hybridized carbons (Fsp3) is 0.182. The lowest BCUT2D eigenvalue weighted by Crippen LogP contribution is -2.32. The summed E-state index contributed by atoms with van der Waals surface area (Å²) in [6, 6.07) is 0. The van der Waals surface area contributed by atoms with Crippen molar-refractivity contribution in [3.63, 3.8) is 0 Å². The molecule has 0 saturated carbocycles. The van der Waals surface area contributed by atoms with Crippen LogP contribution in [0.2, 0.25) is 0 Å². The molecule has 2 aromatic carbocycles. The van der Waals surface area contributed by atoms with Gasteiger partial charge in [-0.2, -0.15) is 0 Å². The minimum Gasteiger partial charge on any atom is -0.397 e. The van der Waals surface area contributed by atoms with E-state index < -0.39 is 20.9 Å². The number of primary sulfonamides is 1. The highest BCUT2D eigenvalue weighted by atomic mass is 32.2. The molecule has 0 bridgehead atoms. The van der Waals surface area contributed by atoms with Gasteiger partial charge in [0.05, 0.1) is 21.3 Å². The standard InChI is InChI=1S/C11H9N3O4S2/c1-2-3-4-5(9(16)8(4)15)7-10(6(3)12)19-11(14-7)20(13,17)18/h2,12H2,1H3,(H2,13,17,18). The summed E-state index contributed by atoms with van der Waals surface area (Å²) in [4.78, 5) is 27.2. The van der Waals surface area contributed by atoms with E-state index in [0.717, 1.165) is 11.3 Å². The zero-order chi connectivity index (χ0) is 14.8. The number of aryl methyl sites for hydroxylation is 1. The number of nitrogens with zero attached hydrogens (tertiary/aromatic N) is 1. The van der Waals surface area contributed by atoms with Gasteiger partial charge in [-0.15, -0.1) is 0 Å². The van der Waals surface area contributed by atoms with Gasteiger partial charge >= 0.3 is 0 Å². The molecule has 104 valence electrons. The average molecular weight is 311 g/mol. The second kappa shape index (κ2) is 3.84. The van der Waals surface area contributed by atoms with E-state index in [1.54, 1.807) is 6.92 Å². The highest BCUT2D eigenvalue weighted by Crippen LogP contribution is 2.37. The number of hydrogen-bond donors (Lipinski definition) is 2. The highest BCUT2D eigenvalue weighted by Gasteiger charge is 2.26. The molecule has 4 N–H and O–H groups in total. The number of fused-ring (bicyclic) bond motifs is 3. The smallest absolute Gasteiger partial charge is 0.265 e. The number of hydrogen-bond acceptors (Lipinski definition) is 7. The normalized spacial score (nSPS) is 12.7. The summed E-state index contributed by atoms with van der Waals surface area (Å²) >= 11 is 0.808. The molecular weight excluding hydrogens is 302 g/mol. The molecular formula is C11H9N3O4S2. The number of aromatic nitrogens is 1. The molecule has 0 spiro atoms. The van der Waals surface area contributed by atoms with E-state index in [-0.39, 0.29) is 26.3 Å². The van der Waals surface area contributed by atoms with Crippen molar-refractivity contribution >= 4 is 48.0 Å². The van der Waals surface area contributed by atoms with Crippen LogP contribution in [0, 0.1) is 0 Å². The van der Waals surface area contributed by atoms with Gasteiger partial charge < -0.3 is 5.73 Å². The molecule has 9 heteroatoms. The minimum absolute atomic E-state index is 0.147. The topological polar surface area (TPSA) is 133 Å². The van der Waals surface area contributed by atoms with Gasteiger partial charge in [-0.05, 0) is 12.0 Å². The van der Waals surface area contributed by atoms with E-state index >= 15 is 0 Å². The molecule has 1 aromatic heterocycles. The fourth-order valence-electron chi connectivity index (χ4n) is 2.32. The SMILES string of the molecule is CCc1c(N)c2sc(S(N)(=O)=O)nc2c2c(=O)c(=O)c12. The fourth-order valence-corrected chi connectivity index (χ4v) is 4.04. The van der Waals surface area contributed by atoms with Crippen LogP contribution in [0.25, 0.3) is 21.0 Å². The number of anilines is 1. The molecule has 0 saturated heterocycles. The Bertz CT molecular complexity index is 1060. The Balaban J connectivity index is 2.61. The van der Waals surface area contributed by atoms with Crippen molar-refractivity contribution in [2.24, 2.45) is 5.14 Å². The summed E-state index contributed by atoms with van der Waals surface area (Å²) in [5, 5.41) is 5.45. The van der Waals surface area contributed by atoms with Crippen molar-refractivity contribution in [1.82, 2.24) is 4.98 Å². The first-order chi connectivity index (χ1) is 9.27. The van der Waals surface area contributed by atoms with Crippen LogP contribution >= 0.6 is 11.3 Å². The van der Waals surface area contributed by atoms with Crippen LogP contribution in [0.15, 0.2) is 13.9 Å². The summed E-state index contributed by atoms with van der Waals surface area (Å²) in [7, 11) is -3.98. The maximum Gasteiger partial charge on any atom is 0.265 e. The second-order valence-electron chi connectivity index (χ2n) is 4.36. The Morgan fingerprint density at radius 2 is 1.80 bits per heavy atom. The van der Waals surface area contributed by atoms with E-state index in [9.17, 15) is 18.0 Å². The van der Waals surface area contributed by atoms with Crippen molar-refractivity contribution in [1.29, 1.82) is 0 Å². The zero-order valence-electron chi connectivity index (χ0n) is 10.3. The van der Waals surface area contributed by atoms with Crippen LogP contribution in [-0.4, -0.2) is 13.4 Å². The quantitative estimate of drug-likeness (QED) is 0.499. The summed E-state index contributed by atoms with van der Waals surface area (Å²) in [5.41, 5.74) is 5.70. The molecule has 3 aromatic rings. The number of sulfonamides is 1. The first-order valence-electron chi connectivity index (χ1n) is 5.64. The summed E-state index contributed by atoms with van der Waals surface area (Å²) in [6.45, 7) is 1.80. The second-order valence-corrected chi connectivity index (χ2v) is 7.09. The van der Waals surface area contributed by atoms with Crippen molar-refractivity contribution in [3.8, 4) is 0 Å². The van der Waals surface area contributed by atoms with Crippen LogP contribution in [0.5, 0.6) is 0 Å². The molecule has 0 aliphatic heterocycles. The molecule has 7 nitrogen and oxygen atoms in total. The average Bonchev–Trinajstić information content (AvgIpc) is 2.82. The first-order valence-corrected chi connectivity index (χ1v) is 8.00.